The van der Waals surface area contributed by atoms with E-state index in [1.54, 1.807) is 12.3 Å². The summed E-state index contributed by atoms with van der Waals surface area (Å²) in [6.45, 7) is 4.20. The summed E-state index contributed by atoms with van der Waals surface area (Å²) in [5.74, 6) is 0. The first-order valence-electron chi connectivity index (χ1n) is 4.79. The highest BCUT2D eigenvalue weighted by Crippen LogP contribution is 2.24. The van der Waals surface area contributed by atoms with Gasteiger partial charge in [0.2, 0.25) is 0 Å². The lowest BCUT2D eigenvalue weighted by Gasteiger charge is -2.13. The zero-order valence-electron chi connectivity index (χ0n) is 8.67. The van der Waals surface area contributed by atoms with E-state index in [1.165, 1.54) is 0 Å². The standard InChI is InChI=1S/C12H12BrNO/c1-12(2)6-8(13)5-9-10(7-12)14-4-3-11(9)15/h3-7,14H,1-2H3. The summed E-state index contributed by atoms with van der Waals surface area (Å²) in [7, 11) is 0. The normalized spacial score (nSPS) is 17.9. The second-order valence-electron chi connectivity index (χ2n) is 4.31. The highest BCUT2D eigenvalue weighted by Gasteiger charge is 2.13. The van der Waals surface area contributed by atoms with Crippen LogP contribution in [-0.4, -0.2) is 4.98 Å². The van der Waals surface area contributed by atoms with Gasteiger partial charge in [-0.15, -0.1) is 0 Å². The highest BCUT2D eigenvalue weighted by molar-refractivity contribution is 9.12. The first kappa shape index (κ1) is 10.4. The molecule has 0 amide bonds. The molecule has 0 fully saturated rings. The van der Waals surface area contributed by atoms with Crippen molar-refractivity contribution in [2.45, 2.75) is 13.8 Å². The lowest BCUT2D eigenvalue weighted by molar-refractivity contribution is 0.668. The molecule has 2 rings (SSSR count). The molecule has 0 atom stereocenters. The van der Waals surface area contributed by atoms with E-state index in [4.69, 9.17) is 0 Å². The van der Waals surface area contributed by atoms with Crippen LogP contribution in [0.4, 0.5) is 0 Å². The van der Waals surface area contributed by atoms with Crippen molar-refractivity contribution in [2.75, 3.05) is 0 Å². The van der Waals surface area contributed by atoms with E-state index in [0.717, 1.165) is 9.83 Å². The van der Waals surface area contributed by atoms with E-state index >= 15 is 0 Å². The number of hydrogen-bond acceptors (Lipinski definition) is 1. The van der Waals surface area contributed by atoms with E-state index < -0.39 is 0 Å². The number of aromatic nitrogens is 1. The lowest BCUT2D eigenvalue weighted by atomic mass is 9.93. The molecule has 1 aliphatic rings. The highest BCUT2D eigenvalue weighted by atomic mass is 79.9. The van der Waals surface area contributed by atoms with Gasteiger partial charge < -0.3 is 4.98 Å². The van der Waals surface area contributed by atoms with Gasteiger partial charge >= 0.3 is 0 Å². The zero-order valence-corrected chi connectivity index (χ0v) is 10.3. The van der Waals surface area contributed by atoms with Crippen LogP contribution in [0.1, 0.15) is 13.8 Å². The van der Waals surface area contributed by atoms with E-state index in [2.05, 4.69) is 46.9 Å². The van der Waals surface area contributed by atoms with Crippen LogP contribution in [-0.2, 0) is 0 Å². The molecular weight excluding hydrogens is 254 g/mol. The largest absolute Gasteiger partial charge is 0.361 e. The van der Waals surface area contributed by atoms with Crippen LogP contribution in [0.15, 0.2) is 27.6 Å². The Morgan fingerprint density at radius 2 is 2.07 bits per heavy atom. The molecule has 0 saturated heterocycles. The molecule has 1 aromatic heterocycles. The lowest BCUT2D eigenvalue weighted by Crippen LogP contribution is -2.40. The van der Waals surface area contributed by atoms with Crippen LogP contribution in [0.5, 0.6) is 0 Å². The third-order valence-electron chi connectivity index (χ3n) is 2.34. The number of H-pyrrole nitrogens is 1. The zero-order chi connectivity index (χ0) is 11.1. The maximum Gasteiger partial charge on any atom is 0.189 e. The Bertz CT molecular complexity index is 593. The first-order valence-corrected chi connectivity index (χ1v) is 5.58. The summed E-state index contributed by atoms with van der Waals surface area (Å²) >= 11 is 3.45. The molecule has 1 N–H and O–H groups in total. The first-order chi connectivity index (χ1) is 6.98. The predicted molar refractivity (Wildman–Crippen MR) is 66.0 cm³/mol. The van der Waals surface area contributed by atoms with Crippen molar-refractivity contribution in [3.63, 3.8) is 0 Å². The maximum absolute atomic E-state index is 11.7. The Kier molecular flexibility index (Phi) is 2.43. The Morgan fingerprint density at radius 3 is 2.80 bits per heavy atom. The van der Waals surface area contributed by atoms with Crippen molar-refractivity contribution >= 4 is 28.1 Å². The molecule has 0 aromatic carbocycles. The minimum absolute atomic E-state index is 0.0445. The fourth-order valence-corrected chi connectivity index (χ4v) is 2.54. The van der Waals surface area contributed by atoms with Crippen molar-refractivity contribution in [2.24, 2.45) is 5.41 Å². The number of pyridine rings is 1. The summed E-state index contributed by atoms with van der Waals surface area (Å²) in [5.41, 5.74) is -0.0201. The van der Waals surface area contributed by atoms with Crippen LogP contribution in [0.25, 0.3) is 12.2 Å². The molecule has 1 aliphatic carbocycles. The number of hydrogen-bond donors (Lipinski definition) is 1. The van der Waals surface area contributed by atoms with Crippen molar-refractivity contribution in [1.29, 1.82) is 0 Å². The average Bonchev–Trinajstić information content (AvgIpc) is 2.20. The van der Waals surface area contributed by atoms with Crippen LogP contribution < -0.4 is 16.0 Å². The minimum Gasteiger partial charge on any atom is -0.361 e. The summed E-state index contributed by atoms with van der Waals surface area (Å²) in [6, 6.07) is 1.54. The Balaban J connectivity index is 2.93. The number of allylic oxidation sites excluding steroid dienone is 2. The summed E-state index contributed by atoms with van der Waals surface area (Å²) in [4.78, 5) is 14.8. The average molecular weight is 266 g/mol. The molecule has 15 heavy (non-hydrogen) atoms. The fraction of sp³-hybridized carbons (Fsp3) is 0.250. The molecule has 1 heterocycles. The van der Waals surface area contributed by atoms with Gasteiger partial charge in [-0.25, -0.2) is 0 Å². The fourth-order valence-electron chi connectivity index (χ4n) is 1.72. The molecular formula is C12H12BrNO. The Hall–Kier alpha value is -1.09. The number of halogens is 1. The minimum atomic E-state index is -0.0646. The number of rotatable bonds is 0. The SMILES string of the molecule is CC1(C)C=C(Br)C=c2c(=O)cc[nH]c2=C1. The second kappa shape index (κ2) is 3.49. The van der Waals surface area contributed by atoms with Gasteiger partial charge in [0.05, 0.1) is 0 Å². The summed E-state index contributed by atoms with van der Waals surface area (Å²) < 4.78 is 0.944. The third-order valence-corrected chi connectivity index (χ3v) is 2.80. The van der Waals surface area contributed by atoms with E-state index in [9.17, 15) is 4.79 Å². The Morgan fingerprint density at radius 1 is 1.33 bits per heavy atom. The number of aromatic amines is 1. The molecule has 0 bridgehead atoms. The molecule has 0 spiro atoms. The number of nitrogens with one attached hydrogen (secondary N) is 1. The second-order valence-corrected chi connectivity index (χ2v) is 5.22. The number of fused-ring (bicyclic) bond motifs is 1. The van der Waals surface area contributed by atoms with Gasteiger partial charge in [-0.3, -0.25) is 4.79 Å². The van der Waals surface area contributed by atoms with Crippen molar-refractivity contribution in [1.82, 2.24) is 4.98 Å². The quantitative estimate of drug-likeness (QED) is 0.753. The van der Waals surface area contributed by atoms with E-state index in [1.807, 2.05) is 6.08 Å². The summed E-state index contributed by atoms with van der Waals surface area (Å²) in [5, 5.41) is 1.60. The van der Waals surface area contributed by atoms with E-state index in [-0.39, 0.29) is 10.8 Å². The third kappa shape index (κ3) is 2.12. The Labute approximate surface area is 96.2 Å². The van der Waals surface area contributed by atoms with Crippen molar-refractivity contribution < 1.29 is 0 Å². The molecule has 0 saturated carbocycles. The molecule has 0 radical (unpaired) electrons. The summed E-state index contributed by atoms with van der Waals surface area (Å²) in [6.07, 6.45) is 7.69. The van der Waals surface area contributed by atoms with E-state index in [0.29, 0.717) is 5.22 Å². The van der Waals surface area contributed by atoms with Crippen LogP contribution in [0.2, 0.25) is 0 Å². The maximum atomic E-state index is 11.7. The topological polar surface area (TPSA) is 32.9 Å². The van der Waals surface area contributed by atoms with Gasteiger partial charge in [-0.1, -0.05) is 41.9 Å². The van der Waals surface area contributed by atoms with Gasteiger partial charge in [0.25, 0.3) is 0 Å². The smallest absolute Gasteiger partial charge is 0.189 e. The van der Waals surface area contributed by atoms with Crippen molar-refractivity contribution in [3.8, 4) is 0 Å². The van der Waals surface area contributed by atoms with Crippen LogP contribution >= 0.6 is 15.9 Å². The molecule has 3 heteroatoms. The van der Waals surface area contributed by atoms with Gasteiger partial charge in [-0.05, 0) is 6.08 Å². The monoisotopic (exact) mass is 265 g/mol. The molecule has 0 unspecified atom stereocenters. The van der Waals surface area contributed by atoms with Gasteiger partial charge in [0.15, 0.2) is 5.43 Å². The van der Waals surface area contributed by atoms with Crippen LogP contribution in [0, 0.1) is 5.41 Å². The molecule has 2 nitrogen and oxygen atoms in total. The van der Waals surface area contributed by atoms with Gasteiger partial charge in [0, 0.05) is 32.7 Å². The molecule has 78 valence electrons. The predicted octanol–water partition coefficient (Wildman–Crippen LogP) is 1.25. The van der Waals surface area contributed by atoms with Crippen LogP contribution in [0.3, 0.4) is 0 Å². The van der Waals surface area contributed by atoms with Crippen molar-refractivity contribution in [3.05, 3.63) is 43.6 Å². The molecule has 0 aliphatic heterocycles. The molecule has 1 aromatic rings. The van der Waals surface area contributed by atoms with Gasteiger partial charge in [0.1, 0.15) is 0 Å². The van der Waals surface area contributed by atoms with Gasteiger partial charge in [-0.2, -0.15) is 0 Å².